The average Bonchev–Trinajstić information content (AvgIpc) is 3.30. The third kappa shape index (κ3) is 4.77. The van der Waals surface area contributed by atoms with Gasteiger partial charge in [-0.05, 0) is 23.3 Å². The Morgan fingerprint density at radius 3 is 2.56 bits per heavy atom. The quantitative estimate of drug-likeness (QED) is 0.674. The molecule has 3 rings (SSSR count). The van der Waals surface area contributed by atoms with Gasteiger partial charge in [-0.1, -0.05) is 45.9 Å². The maximum absolute atomic E-state index is 12.5. The zero-order chi connectivity index (χ0) is 19.4. The first kappa shape index (κ1) is 19.2. The van der Waals surface area contributed by atoms with Crippen LogP contribution in [0.4, 0.5) is 0 Å². The largest absolute Gasteiger partial charge is 0.342 e. The molecule has 0 fully saturated rings. The van der Waals surface area contributed by atoms with E-state index in [0.717, 1.165) is 10.7 Å². The Balaban J connectivity index is 1.72. The minimum absolute atomic E-state index is 0.127. The van der Waals surface area contributed by atoms with Crippen molar-refractivity contribution in [3.05, 3.63) is 57.8 Å². The lowest BCUT2D eigenvalue weighted by atomic mass is 10.0. The van der Waals surface area contributed by atoms with Crippen LogP contribution in [0.3, 0.4) is 0 Å². The van der Waals surface area contributed by atoms with Crippen LogP contribution in [0.25, 0.3) is 0 Å². The molecule has 0 bridgehead atoms. The van der Waals surface area contributed by atoms with Crippen molar-refractivity contribution in [3.8, 4) is 0 Å². The Hall–Kier alpha value is -2.61. The van der Waals surface area contributed by atoms with Crippen molar-refractivity contribution >= 4 is 17.2 Å². The maximum atomic E-state index is 12.5. The molecular weight excluding hydrogens is 360 g/mol. The van der Waals surface area contributed by atoms with Crippen molar-refractivity contribution in [2.75, 3.05) is 0 Å². The highest BCUT2D eigenvalue weighted by Gasteiger charge is 2.24. The van der Waals surface area contributed by atoms with E-state index >= 15 is 0 Å². The SMILES string of the molecule is CC(C)c1nc(Cn2nnc([C@@H](NC(=O)c3ccccc3)C(C)C)n2)cs1. The van der Waals surface area contributed by atoms with E-state index in [0.29, 0.717) is 23.9 Å². The highest BCUT2D eigenvalue weighted by molar-refractivity contribution is 7.09. The van der Waals surface area contributed by atoms with Crippen LogP contribution >= 0.6 is 11.3 Å². The molecule has 1 atom stereocenters. The summed E-state index contributed by atoms with van der Waals surface area (Å²) in [7, 11) is 0. The minimum Gasteiger partial charge on any atom is -0.342 e. The first-order chi connectivity index (χ1) is 12.9. The van der Waals surface area contributed by atoms with Gasteiger partial charge in [0.15, 0.2) is 5.82 Å². The van der Waals surface area contributed by atoms with Gasteiger partial charge in [0, 0.05) is 16.9 Å². The number of nitrogens with one attached hydrogen (secondary N) is 1. The van der Waals surface area contributed by atoms with E-state index in [1.807, 2.05) is 37.4 Å². The van der Waals surface area contributed by atoms with Gasteiger partial charge in [-0.3, -0.25) is 4.79 Å². The van der Waals surface area contributed by atoms with Crippen LogP contribution in [0.15, 0.2) is 35.7 Å². The average molecular weight is 385 g/mol. The summed E-state index contributed by atoms with van der Waals surface area (Å²) in [5, 5.41) is 18.9. The molecule has 1 aromatic carbocycles. The minimum atomic E-state index is -0.312. The van der Waals surface area contributed by atoms with Gasteiger partial charge < -0.3 is 5.32 Å². The Morgan fingerprint density at radius 1 is 1.19 bits per heavy atom. The van der Waals surface area contributed by atoms with E-state index in [4.69, 9.17) is 0 Å². The summed E-state index contributed by atoms with van der Waals surface area (Å²) in [6, 6.07) is 8.82. The monoisotopic (exact) mass is 384 g/mol. The second kappa shape index (κ2) is 8.39. The van der Waals surface area contributed by atoms with Crippen molar-refractivity contribution < 1.29 is 4.79 Å². The first-order valence-electron chi connectivity index (χ1n) is 9.02. The molecule has 3 aromatic rings. The number of rotatable bonds is 7. The number of hydrogen-bond donors (Lipinski definition) is 1. The smallest absolute Gasteiger partial charge is 0.251 e. The molecule has 0 spiro atoms. The molecule has 2 heterocycles. The fourth-order valence-corrected chi connectivity index (χ4v) is 3.42. The van der Waals surface area contributed by atoms with Crippen LogP contribution < -0.4 is 5.32 Å². The zero-order valence-corrected chi connectivity index (χ0v) is 16.8. The van der Waals surface area contributed by atoms with Gasteiger partial charge in [0.2, 0.25) is 0 Å². The van der Waals surface area contributed by atoms with Crippen LogP contribution in [0, 0.1) is 5.92 Å². The second-order valence-corrected chi connectivity index (χ2v) is 7.96. The summed E-state index contributed by atoms with van der Waals surface area (Å²) in [5.41, 5.74) is 1.53. The summed E-state index contributed by atoms with van der Waals surface area (Å²) in [4.78, 5) is 18.6. The van der Waals surface area contributed by atoms with Gasteiger partial charge in [0.25, 0.3) is 5.91 Å². The van der Waals surface area contributed by atoms with Gasteiger partial charge in [0.1, 0.15) is 6.54 Å². The van der Waals surface area contributed by atoms with Crippen LogP contribution in [0.5, 0.6) is 0 Å². The standard InChI is InChI=1S/C19H24N6OS/c1-12(2)16(21-18(26)14-8-6-5-7-9-14)17-22-24-25(23-17)10-15-11-27-19(20-15)13(3)4/h5-9,11-13,16H,10H2,1-4H3,(H,21,26)/t16-/m0/s1. The lowest BCUT2D eigenvalue weighted by Crippen LogP contribution is -2.32. The number of amides is 1. The highest BCUT2D eigenvalue weighted by atomic mass is 32.1. The number of thiazole rings is 1. The molecule has 1 amide bonds. The molecule has 0 aliphatic carbocycles. The van der Waals surface area contributed by atoms with Gasteiger partial charge in [-0.25, -0.2) is 4.98 Å². The molecule has 0 saturated heterocycles. The van der Waals surface area contributed by atoms with Crippen LogP contribution in [-0.4, -0.2) is 31.1 Å². The van der Waals surface area contributed by atoms with Crippen molar-refractivity contribution in [2.24, 2.45) is 5.92 Å². The summed E-state index contributed by atoms with van der Waals surface area (Å²) >= 11 is 1.64. The Kier molecular flexibility index (Phi) is 5.95. The Bertz CT molecular complexity index is 887. The van der Waals surface area contributed by atoms with Crippen LogP contribution in [0.1, 0.15) is 66.5 Å². The lowest BCUT2D eigenvalue weighted by Gasteiger charge is -2.19. The number of carbonyl (C=O) groups is 1. The number of nitrogens with zero attached hydrogens (tertiary/aromatic N) is 5. The van der Waals surface area contributed by atoms with E-state index in [1.54, 1.807) is 23.5 Å². The molecule has 142 valence electrons. The van der Waals surface area contributed by atoms with Crippen molar-refractivity contribution in [1.29, 1.82) is 0 Å². The fraction of sp³-hybridized carbons (Fsp3) is 0.421. The molecule has 2 aromatic heterocycles. The van der Waals surface area contributed by atoms with Gasteiger partial charge in [-0.15, -0.1) is 21.5 Å². The summed E-state index contributed by atoms with van der Waals surface area (Å²) in [6.07, 6.45) is 0. The number of carbonyl (C=O) groups excluding carboxylic acids is 1. The Morgan fingerprint density at radius 2 is 1.93 bits per heavy atom. The van der Waals surface area contributed by atoms with Crippen LogP contribution in [-0.2, 0) is 6.54 Å². The van der Waals surface area contributed by atoms with Crippen molar-refractivity contribution in [3.63, 3.8) is 0 Å². The van der Waals surface area contributed by atoms with E-state index in [9.17, 15) is 4.79 Å². The third-order valence-electron chi connectivity index (χ3n) is 4.10. The highest BCUT2D eigenvalue weighted by Crippen LogP contribution is 2.20. The molecular formula is C19H24N6OS. The summed E-state index contributed by atoms with van der Waals surface area (Å²) in [5.74, 6) is 0.893. The summed E-state index contributed by atoms with van der Waals surface area (Å²) in [6.45, 7) is 8.75. The molecule has 0 radical (unpaired) electrons. The molecule has 7 nitrogen and oxygen atoms in total. The van der Waals surface area contributed by atoms with Gasteiger partial charge in [0.05, 0.1) is 16.7 Å². The number of hydrogen-bond acceptors (Lipinski definition) is 6. The molecule has 0 aliphatic rings. The summed E-state index contributed by atoms with van der Waals surface area (Å²) < 4.78 is 0. The fourth-order valence-electron chi connectivity index (χ4n) is 2.60. The van der Waals surface area contributed by atoms with Crippen molar-refractivity contribution in [1.82, 2.24) is 30.5 Å². The molecule has 8 heteroatoms. The molecule has 1 N–H and O–H groups in total. The van der Waals surface area contributed by atoms with E-state index < -0.39 is 0 Å². The third-order valence-corrected chi connectivity index (χ3v) is 5.30. The predicted molar refractivity (Wildman–Crippen MR) is 105 cm³/mol. The lowest BCUT2D eigenvalue weighted by molar-refractivity contribution is 0.0923. The van der Waals surface area contributed by atoms with Crippen molar-refractivity contribution in [2.45, 2.75) is 46.2 Å². The second-order valence-electron chi connectivity index (χ2n) is 7.07. The van der Waals surface area contributed by atoms with E-state index in [2.05, 4.69) is 39.6 Å². The first-order valence-corrected chi connectivity index (χ1v) is 9.90. The topological polar surface area (TPSA) is 85.6 Å². The van der Waals surface area contributed by atoms with Gasteiger partial charge >= 0.3 is 0 Å². The predicted octanol–water partition coefficient (Wildman–Crippen LogP) is 3.43. The number of benzene rings is 1. The normalized spacial score (nSPS) is 12.5. The maximum Gasteiger partial charge on any atom is 0.251 e. The number of aromatic nitrogens is 5. The Labute approximate surface area is 162 Å². The van der Waals surface area contributed by atoms with Gasteiger partial charge in [-0.2, -0.15) is 4.80 Å². The molecule has 27 heavy (non-hydrogen) atoms. The molecule has 0 unspecified atom stereocenters. The molecule has 0 saturated carbocycles. The van der Waals surface area contributed by atoms with Crippen LogP contribution in [0.2, 0.25) is 0 Å². The zero-order valence-electron chi connectivity index (χ0n) is 16.0. The molecule has 0 aliphatic heterocycles. The number of tetrazole rings is 1. The van der Waals surface area contributed by atoms with E-state index in [-0.39, 0.29) is 17.9 Å². The van der Waals surface area contributed by atoms with E-state index in [1.165, 1.54) is 4.80 Å².